The summed E-state index contributed by atoms with van der Waals surface area (Å²) in [5.74, 6) is 0.639. The van der Waals surface area contributed by atoms with E-state index in [2.05, 4.69) is 6.07 Å². The highest BCUT2D eigenvalue weighted by Gasteiger charge is 2.20. The van der Waals surface area contributed by atoms with Gasteiger partial charge in [-0.3, -0.25) is 0 Å². The van der Waals surface area contributed by atoms with Crippen LogP contribution in [-0.2, 0) is 22.5 Å². The number of aryl methyl sites for hydroxylation is 1. The molecule has 3 nitrogen and oxygen atoms in total. The molecule has 0 fully saturated rings. The number of carbonyl (C=O) groups is 1. The lowest BCUT2D eigenvalue weighted by atomic mass is 9.91. The third kappa shape index (κ3) is 3.19. The SMILES string of the molecule is CC1=C(OC(=O)OCc2ccccc2)c2ccccc2CC1. The van der Waals surface area contributed by atoms with Crippen LogP contribution in [0.25, 0.3) is 5.76 Å². The first-order valence-corrected chi connectivity index (χ1v) is 7.40. The van der Waals surface area contributed by atoms with Gasteiger partial charge in [0.1, 0.15) is 12.4 Å². The standard InChI is InChI=1S/C19H18O3/c1-14-11-12-16-9-5-6-10-17(16)18(14)22-19(20)21-13-15-7-3-2-4-8-15/h2-10H,11-13H2,1H3. The molecule has 0 unspecified atom stereocenters. The van der Waals surface area contributed by atoms with E-state index in [1.165, 1.54) is 5.56 Å². The topological polar surface area (TPSA) is 35.5 Å². The normalized spacial score (nSPS) is 13.5. The Kier molecular flexibility index (Phi) is 4.24. The Hall–Kier alpha value is -2.55. The summed E-state index contributed by atoms with van der Waals surface area (Å²) in [6.45, 7) is 2.21. The molecule has 3 heteroatoms. The van der Waals surface area contributed by atoms with Crippen LogP contribution in [0.3, 0.4) is 0 Å². The van der Waals surface area contributed by atoms with E-state index in [0.717, 1.165) is 29.5 Å². The van der Waals surface area contributed by atoms with Crippen molar-refractivity contribution in [2.24, 2.45) is 0 Å². The van der Waals surface area contributed by atoms with E-state index in [1.54, 1.807) is 0 Å². The van der Waals surface area contributed by atoms with Crippen molar-refractivity contribution in [3.8, 4) is 0 Å². The molecule has 3 rings (SSSR count). The zero-order valence-corrected chi connectivity index (χ0v) is 12.5. The van der Waals surface area contributed by atoms with E-state index in [9.17, 15) is 4.79 Å². The van der Waals surface area contributed by atoms with Crippen molar-refractivity contribution >= 4 is 11.9 Å². The Morgan fingerprint density at radius 3 is 2.55 bits per heavy atom. The van der Waals surface area contributed by atoms with E-state index in [4.69, 9.17) is 9.47 Å². The maximum absolute atomic E-state index is 12.0. The number of hydrogen-bond donors (Lipinski definition) is 0. The molecule has 0 heterocycles. The highest BCUT2D eigenvalue weighted by Crippen LogP contribution is 2.32. The van der Waals surface area contributed by atoms with Gasteiger partial charge in [0.05, 0.1) is 0 Å². The Morgan fingerprint density at radius 2 is 1.73 bits per heavy atom. The zero-order chi connectivity index (χ0) is 15.4. The van der Waals surface area contributed by atoms with Crippen LogP contribution in [0.2, 0.25) is 0 Å². The Bertz CT molecular complexity index is 702. The highest BCUT2D eigenvalue weighted by atomic mass is 16.7. The summed E-state index contributed by atoms with van der Waals surface area (Å²) < 4.78 is 10.7. The molecule has 0 saturated carbocycles. The molecular weight excluding hydrogens is 276 g/mol. The maximum atomic E-state index is 12.0. The Labute approximate surface area is 130 Å². The van der Waals surface area contributed by atoms with Gasteiger partial charge in [0.25, 0.3) is 0 Å². The molecule has 112 valence electrons. The maximum Gasteiger partial charge on any atom is 0.514 e. The quantitative estimate of drug-likeness (QED) is 0.769. The number of hydrogen-bond acceptors (Lipinski definition) is 3. The van der Waals surface area contributed by atoms with E-state index in [1.807, 2.05) is 55.5 Å². The minimum absolute atomic E-state index is 0.216. The van der Waals surface area contributed by atoms with Gasteiger partial charge >= 0.3 is 6.16 Å². The van der Waals surface area contributed by atoms with Gasteiger partial charge < -0.3 is 9.47 Å². The van der Waals surface area contributed by atoms with Crippen LogP contribution >= 0.6 is 0 Å². The van der Waals surface area contributed by atoms with Gasteiger partial charge in [0.15, 0.2) is 0 Å². The van der Waals surface area contributed by atoms with Crippen LogP contribution < -0.4 is 0 Å². The number of ether oxygens (including phenoxy) is 2. The molecule has 1 aliphatic rings. The molecule has 0 atom stereocenters. The molecule has 2 aromatic carbocycles. The van der Waals surface area contributed by atoms with Crippen LogP contribution in [0.4, 0.5) is 4.79 Å². The summed E-state index contributed by atoms with van der Waals surface area (Å²) in [7, 11) is 0. The van der Waals surface area contributed by atoms with Gasteiger partial charge in [-0.1, -0.05) is 54.6 Å². The predicted octanol–water partition coefficient (Wildman–Crippen LogP) is 4.72. The summed E-state index contributed by atoms with van der Waals surface area (Å²) in [4.78, 5) is 12.0. The van der Waals surface area contributed by atoms with Crippen molar-refractivity contribution < 1.29 is 14.3 Å². The average molecular weight is 294 g/mol. The molecule has 0 aromatic heterocycles. The van der Waals surface area contributed by atoms with Gasteiger partial charge in [0, 0.05) is 5.56 Å². The van der Waals surface area contributed by atoms with E-state index in [0.29, 0.717) is 5.76 Å². The van der Waals surface area contributed by atoms with E-state index in [-0.39, 0.29) is 6.61 Å². The number of fused-ring (bicyclic) bond motifs is 1. The summed E-state index contributed by atoms with van der Waals surface area (Å²) in [5.41, 5.74) is 4.21. The summed E-state index contributed by atoms with van der Waals surface area (Å²) in [6, 6.07) is 17.6. The minimum Gasteiger partial charge on any atom is -0.429 e. The molecule has 0 aliphatic heterocycles. The lowest BCUT2D eigenvalue weighted by Gasteiger charge is -2.20. The second kappa shape index (κ2) is 6.48. The molecule has 0 saturated heterocycles. The third-order valence-electron chi connectivity index (χ3n) is 3.80. The van der Waals surface area contributed by atoms with Crippen LogP contribution in [0.5, 0.6) is 0 Å². The second-order valence-corrected chi connectivity index (χ2v) is 5.39. The summed E-state index contributed by atoms with van der Waals surface area (Å²) >= 11 is 0. The molecule has 1 aliphatic carbocycles. The van der Waals surface area contributed by atoms with Gasteiger partial charge in [-0.15, -0.1) is 0 Å². The number of rotatable bonds is 3. The van der Waals surface area contributed by atoms with Gasteiger partial charge in [0.2, 0.25) is 0 Å². The average Bonchev–Trinajstić information content (AvgIpc) is 2.56. The van der Waals surface area contributed by atoms with E-state index < -0.39 is 6.16 Å². The molecule has 2 aromatic rings. The van der Waals surface area contributed by atoms with Crippen LogP contribution in [0.1, 0.15) is 30.0 Å². The molecule has 0 bridgehead atoms. The van der Waals surface area contributed by atoms with Crippen molar-refractivity contribution in [1.29, 1.82) is 0 Å². The van der Waals surface area contributed by atoms with Crippen molar-refractivity contribution in [3.05, 3.63) is 76.9 Å². The van der Waals surface area contributed by atoms with Crippen LogP contribution in [0.15, 0.2) is 60.2 Å². The fourth-order valence-corrected chi connectivity index (χ4v) is 2.60. The lowest BCUT2D eigenvalue weighted by Crippen LogP contribution is -2.12. The third-order valence-corrected chi connectivity index (χ3v) is 3.80. The van der Waals surface area contributed by atoms with Gasteiger partial charge in [-0.25, -0.2) is 4.79 Å². The lowest BCUT2D eigenvalue weighted by molar-refractivity contribution is 0.0837. The van der Waals surface area contributed by atoms with Crippen molar-refractivity contribution in [3.63, 3.8) is 0 Å². The molecule has 0 N–H and O–H groups in total. The number of benzene rings is 2. The Balaban J connectivity index is 1.68. The second-order valence-electron chi connectivity index (χ2n) is 5.39. The zero-order valence-electron chi connectivity index (χ0n) is 12.5. The van der Waals surface area contributed by atoms with Crippen molar-refractivity contribution in [1.82, 2.24) is 0 Å². The summed E-state index contributed by atoms with van der Waals surface area (Å²) in [5, 5.41) is 0. The predicted molar refractivity (Wildman–Crippen MR) is 85.1 cm³/mol. The number of allylic oxidation sites excluding steroid dienone is 1. The molecule has 0 spiro atoms. The molecule has 0 amide bonds. The fraction of sp³-hybridized carbons (Fsp3) is 0.211. The number of carbonyl (C=O) groups excluding carboxylic acids is 1. The first-order chi connectivity index (χ1) is 10.7. The Morgan fingerprint density at radius 1 is 1.00 bits per heavy atom. The first-order valence-electron chi connectivity index (χ1n) is 7.40. The van der Waals surface area contributed by atoms with Crippen molar-refractivity contribution in [2.45, 2.75) is 26.4 Å². The minimum atomic E-state index is -0.657. The van der Waals surface area contributed by atoms with Crippen LogP contribution in [0, 0.1) is 0 Å². The van der Waals surface area contributed by atoms with E-state index >= 15 is 0 Å². The fourth-order valence-electron chi connectivity index (χ4n) is 2.60. The summed E-state index contributed by atoms with van der Waals surface area (Å²) in [6.07, 6.45) is 1.22. The first kappa shape index (κ1) is 14.4. The monoisotopic (exact) mass is 294 g/mol. The van der Waals surface area contributed by atoms with Crippen molar-refractivity contribution in [2.75, 3.05) is 0 Å². The molecule has 22 heavy (non-hydrogen) atoms. The van der Waals surface area contributed by atoms with Gasteiger partial charge in [-0.05, 0) is 36.5 Å². The molecule has 0 radical (unpaired) electrons. The molecular formula is C19H18O3. The van der Waals surface area contributed by atoms with Crippen LogP contribution in [-0.4, -0.2) is 6.16 Å². The largest absolute Gasteiger partial charge is 0.514 e. The highest BCUT2D eigenvalue weighted by molar-refractivity contribution is 5.76. The van der Waals surface area contributed by atoms with Gasteiger partial charge in [-0.2, -0.15) is 0 Å². The smallest absolute Gasteiger partial charge is 0.429 e.